The summed E-state index contributed by atoms with van der Waals surface area (Å²) in [5.74, 6) is 0.201. The quantitative estimate of drug-likeness (QED) is 0.774. The van der Waals surface area contributed by atoms with Gasteiger partial charge in [-0.25, -0.2) is 4.39 Å². The van der Waals surface area contributed by atoms with Crippen molar-refractivity contribution in [2.45, 2.75) is 82.8 Å². The molecule has 2 fully saturated rings. The molecule has 1 amide bonds. The molecule has 0 bridgehead atoms. The van der Waals surface area contributed by atoms with E-state index in [-0.39, 0.29) is 5.82 Å². The standard InChI is InChI=1S/C21H31FN2O/c22-20-11-7-6-8-17(20)16-23-15-14-19-12-13-21(25)24(19)18-9-4-2-1-3-5-10-18/h6-8,11,18-19,23H,1-5,9-10,12-16H2/t19-/m0/s1. The number of nitrogens with one attached hydrogen (secondary N) is 1. The van der Waals surface area contributed by atoms with Gasteiger partial charge in [-0.05, 0) is 38.3 Å². The molecule has 1 saturated carbocycles. The molecular weight excluding hydrogens is 315 g/mol. The Kier molecular flexibility index (Phi) is 6.85. The molecule has 1 saturated heterocycles. The second kappa shape index (κ2) is 9.33. The molecule has 1 aliphatic carbocycles. The van der Waals surface area contributed by atoms with Gasteiger partial charge in [-0.2, -0.15) is 0 Å². The Morgan fingerprint density at radius 1 is 1.04 bits per heavy atom. The Bertz CT molecular complexity index is 555. The fraction of sp³-hybridized carbons (Fsp3) is 0.667. The highest BCUT2D eigenvalue weighted by atomic mass is 19.1. The summed E-state index contributed by atoms with van der Waals surface area (Å²) in [5, 5.41) is 3.35. The highest BCUT2D eigenvalue weighted by molar-refractivity contribution is 5.79. The van der Waals surface area contributed by atoms with Crippen molar-refractivity contribution < 1.29 is 9.18 Å². The van der Waals surface area contributed by atoms with Crippen LogP contribution in [0.25, 0.3) is 0 Å². The summed E-state index contributed by atoms with van der Waals surface area (Å²) in [6.45, 7) is 1.38. The molecule has 3 rings (SSSR count). The van der Waals surface area contributed by atoms with E-state index in [0.717, 1.165) is 19.4 Å². The lowest BCUT2D eigenvalue weighted by Crippen LogP contribution is -2.43. The first-order valence-corrected chi connectivity index (χ1v) is 10.0. The lowest BCUT2D eigenvalue weighted by Gasteiger charge is -2.34. The first-order valence-electron chi connectivity index (χ1n) is 10.0. The molecule has 1 heterocycles. The second-order valence-electron chi connectivity index (χ2n) is 7.55. The Labute approximate surface area is 151 Å². The van der Waals surface area contributed by atoms with Crippen molar-refractivity contribution in [2.24, 2.45) is 0 Å². The number of hydrogen-bond donors (Lipinski definition) is 1. The van der Waals surface area contributed by atoms with E-state index in [9.17, 15) is 9.18 Å². The number of rotatable bonds is 6. The molecule has 1 N–H and O–H groups in total. The molecule has 1 atom stereocenters. The minimum Gasteiger partial charge on any atom is -0.337 e. The predicted octanol–water partition coefficient (Wildman–Crippen LogP) is 4.41. The molecule has 1 aromatic rings. The van der Waals surface area contributed by atoms with Gasteiger partial charge in [0.1, 0.15) is 5.82 Å². The molecular formula is C21H31FN2O. The van der Waals surface area contributed by atoms with E-state index < -0.39 is 0 Å². The minimum absolute atomic E-state index is 0.151. The van der Waals surface area contributed by atoms with E-state index in [4.69, 9.17) is 0 Å². The van der Waals surface area contributed by atoms with Crippen LogP contribution in [-0.4, -0.2) is 29.4 Å². The van der Waals surface area contributed by atoms with Gasteiger partial charge in [0.05, 0.1) is 0 Å². The summed E-state index contributed by atoms with van der Waals surface area (Å²) < 4.78 is 13.7. The van der Waals surface area contributed by atoms with Crippen molar-refractivity contribution in [1.82, 2.24) is 10.2 Å². The normalized spacial score (nSPS) is 22.8. The smallest absolute Gasteiger partial charge is 0.223 e. The number of halogens is 1. The van der Waals surface area contributed by atoms with Crippen molar-refractivity contribution in [3.63, 3.8) is 0 Å². The Hall–Kier alpha value is -1.42. The highest BCUT2D eigenvalue weighted by Crippen LogP contribution is 2.30. The van der Waals surface area contributed by atoms with Gasteiger partial charge in [0.2, 0.25) is 5.91 Å². The number of amides is 1. The summed E-state index contributed by atoms with van der Waals surface area (Å²) in [6.07, 6.45) is 11.5. The maximum Gasteiger partial charge on any atom is 0.223 e. The van der Waals surface area contributed by atoms with Crippen LogP contribution in [0.15, 0.2) is 24.3 Å². The zero-order chi connectivity index (χ0) is 17.5. The SMILES string of the molecule is O=C1CC[C@@H](CCNCc2ccccc2F)N1C1CCCCCCC1. The number of nitrogens with zero attached hydrogens (tertiary/aromatic N) is 1. The summed E-state index contributed by atoms with van der Waals surface area (Å²) in [4.78, 5) is 14.7. The second-order valence-corrected chi connectivity index (χ2v) is 7.55. The first-order chi connectivity index (χ1) is 12.3. The third-order valence-electron chi connectivity index (χ3n) is 5.77. The van der Waals surface area contributed by atoms with Crippen molar-refractivity contribution in [2.75, 3.05) is 6.54 Å². The van der Waals surface area contributed by atoms with Crippen LogP contribution < -0.4 is 5.32 Å². The van der Waals surface area contributed by atoms with Crippen LogP contribution in [0.5, 0.6) is 0 Å². The highest BCUT2D eigenvalue weighted by Gasteiger charge is 2.35. The van der Waals surface area contributed by atoms with Crippen molar-refractivity contribution in [1.29, 1.82) is 0 Å². The lowest BCUT2D eigenvalue weighted by molar-refractivity contribution is -0.131. The van der Waals surface area contributed by atoms with Crippen LogP contribution in [0.1, 0.15) is 69.8 Å². The van der Waals surface area contributed by atoms with Crippen LogP contribution in [0.3, 0.4) is 0 Å². The average Bonchev–Trinajstić information content (AvgIpc) is 2.94. The van der Waals surface area contributed by atoms with Crippen LogP contribution in [0.4, 0.5) is 4.39 Å². The van der Waals surface area contributed by atoms with E-state index in [1.54, 1.807) is 6.07 Å². The molecule has 2 aliphatic rings. The Morgan fingerprint density at radius 3 is 2.52 bits per heavy atom. The van der Waals surface area contributed by atoms with Crippen molar-refractivity contribution >= 4 is 5.91 Å². The van der Waals surface area contributed by atoms with Gasteiger partial charge in [0, 0.05) is 30.6 Å². The number of likely N-dealkylation sites (tertiary alicyclic amines) is 1. The fourth-order valence-corrected chi connectivity index (χ4v) is 4.39. The van der Waals surface area contributed by atoms with Gasteiger partial charge in [-0.1, -0.05) is 50.3 Å². The zero-order valence-electron chi connectivity index (χ0n) is 15.2. The maximum absolute atomic E-state index is 13.7. The zero-order valence-corrected chi connectivity index (χ0v) is 15.2. The van der Waals surface area contributed by atoms with Gasteiger partial charge in [0.25, 0.3) is 0 Å². The number of carbonyl (C=O) groups is 1. The fourth-order valence-electron chi connectivity index (χ4n) is 4.39. The van der Waals surface area contributed by atoms with Crippen molar-refractivity contribution in [3.8, 4) is 0 Å². The average molecular weight is 346 g/mol. The minimum atomic E-state index is -0.151. The third-order valence-corrected chi connectivity index (χ3v) is 5.77. The summed E-state index contributed by atoms with van der Waals surface area (Å²) >= 11 is 0. The number of carbonyl (C=O) groups excluding carboxylic acids is 1. The largest absolute Gasteiger partial charge is 0.337 e. The summed E-state index contributed by atoms with van der Waals surface area (Å²) in [5.41, 5.74) is 0.710. The third kappa shape index (κ3) is 5.04. The van der Waals surface area contributed by atoms with Gasteiger partial charge in [-0.15, -0.1) is 0 Å². The van der Waals surface area contributed by atoms with Crippen molar-refractivity contribution in [3.05, 3.63) is 35.6 Å². The van der Waals surface area contributed by atoms with E-state index in [0.29, 0.717) is 36.5 Å². The van der Waals surface area contributed by atoms with Gasteiger partial charge in [-0.3, -0.25) is 4.79 Å². The van der Waals surface area contributed by atoms with Crippen LogP contribution >= 0.6 is 0 Å². The molecule has 25 heavy (non-hydrogen) atoms. The molecule has 4 heteroatoms. The summed E-state index contributed by atoms with van der Waals surface area (Å²) in [7, 11) is 0. The first kappa shape index (κ1) is 18.4. The molecule has 1 aromatic carbocycles. The van der Waals surface area contributed by atoms with E-state index >= 15 is 0 Å². The molecule has 1 aliphatic heterocycles. The Morgan fingerprint density at radius 2 is 1.76 bits per heavy atom. The predicted molar refractivity (Wildman–Crippen MR) is 98.7 cm³/mol. The van der Waals surface area contributed by atoms with Gasteiger partial charge >= 0.3 is 0 Å². The molecule has 138 valence electrons. The van der Waals surface area contributed by atoms with E-state index in [1.807, 2.05) is 12.1 Å². The maximum atomic E-state index is 13.7. The van der Waals surface area contributed by atoms with Gasteiger partial charge < -0.3 is 10.2 Å². The monoisotopic (exact) mass is 346 g/mol. The molecule has 0 spiro atoms. The van der Waals surface area contributed by atoms with Gasteiger partial charge in [0.15, 0.2) is 0 Å². The lowest BCUT2D eigenvalue weighted by atomic mass is 9.94. The Balaban J connectivity index is 1.48. The molecule has 0 unspecified atom stereocenters. The summed E-state index contributed by atoms with van der Waals surface area (Å²) in [6, 6.07) is 7.73. The molecule has 0 aromatic heterocycles. The van der Waals surface area contributed by atoms with Crippen LogP contribution in [-0.2, 0) is 11.3 Å². The van der Waals surface area contributed by atoms with E-state index in [1.165, 1.54) is 51.0 Å². The van der Waals surface area contributed by atoms with Crippen LogP contribution in [0, 0.1) is 5.82 Å². The van der Waals surface area contributed by atoms with Crippen LogP contribution in [0.2, 0.25) is 0 Å². The number of hydrogen-bond acceptors (Lipinski definition) is 2. The topological polar surface area (TPSA) is 32.3 Å². The van der Waals surface area contributed by atoms with E-state index in [2.05, 4.69) is 10.2 Å². The number of benzene rings is 1. The molecule has 3 nitrogen and oxygen atoms in total. The molecule has 0 radical (unpaired) electrons.